The van der Waals surface area contributed by atoms with Crippen molar-refractivity contribution in [3.8, 4) is 5.75 Å². The van der Waals surface area contributed by atoms with Gasteiger partial charge in [-0.25, -0.2) is 0 Å². The second-order valence-corrected chi connectivity index (χ2v) is 5.71. The van der Waals surface area contributed by atoms with Crippen molar-refractivity contribution in [3.05, 3.63) is 28.8 Å². The van der Waals surface area contributed by atoms with Crippen molar-refractivity contribution in [1.82, 2.24) is 5.32 Å². The van der Waals surface area contributed by atoms with Crippen molar-refractivity contribution in [2.75, 3.05) is 33.5 Å². The molecule has 0 saturated carbocycles. The van der Waals surface area contributed by atoms with E-state index in [2.05, 4.69) is 5.32 Å². The predicted molar refractivity (Wildman–Crippen MR) is 79.9 cm³/mol. The molecule has 0 spiro atoms. The Bertz CT molecular complexity index is 500. The minimum absolute atomic E-state index is 0.0422. The summed E-state index contributed by atoms with van der Waals surface area (Å²) in [6.07, 6.45) is 1.49. The molecular weight excluding hydrogens is 294 g/mol. The molecule has 1 aliphatic heterocycles. The molecule has 0 bridgehead atoms. The first-order chi connectivity index (χ1) is 10.1. The van der Waals surface area contributed by atoms with Crippen molar-refractivity contribution in [3.63, 3.8) is 0 Å². The number of rotatable bonds is 5. The summed E-state index contributed by atoms with van der Waals surface area (Å²) in [5, 5.41) is 12.9. The van der Waals surface area contributed by atoms with E-state index in [0.717, 1.165) is 12.8 Å². The summed E-state index contributed by atoms with van der Waals surface area (Å²) in [7, 11) is 1.51. The molecule has 6 heteroatoms. The number of halogens is 1. The molecule has 1 heterocycles. The van der Waals surface area contributed by atoms with Crippen molar-refractivity contribution < 1.29 is 19.4 Å². The maximum absolute atomic E-state index is 12.2. The molecule has 1 aliphatic rings. The van der Waals surface area contributed by atoms with E-state index >= 15 is 0 Å². The van der Waals surface area contributed by atoms with Gasteiger partial charge in [0.2, 0.25) is 0 Å². The van der Waals surface area contributed by atoms with Crippen LogP contribution in [0.15, 0.2) is 18.2 Å². The number of hydrogen-bond acceptors (Lipinski definition) is 4. The highest BCUT2D eigenvalue weighted by atomic mass is 35.5. The smallest absolute Gasteiger partial charge is 0.251 e. The Balaban J connectivity index is 2.01. The molecule has 0 radical (unpaired) electrons. The Morgan fingerprint density at radius 1 is 1.48 bits per heavy atom. The molecule has 1 aromatic carbocycles. The van der Waals surface area contributed by atoms with E-state index in [-0.39, 0.29) is 17.9 Å². The van der Waals surface area contributed by atoms with Crippen LogP contribution in [-0.4, -0.2) is 44.5 Å². The molecule has 116 valence electrons. The first-order valence-electron chi connectivity index (χ1n) is 6.90. The average Bonchev–Trinajstić information content (AvgIpc) is 2.54. The number of carbonyl (C=O) groups excluding carboxylic acids is 1. The van der Waals surface area contributed by atoms with Crippen LogP contribution in [0.1, 0.15) is 23.2 Å². The van der Waals surface area contributed by atoms with Crippen molar-refractivity contribution >= 4 is 17.5 Å². The second-order valence-electron chi connectivity index (χ2n) is 5.30. The molecular formula is C15H20ClNO4. The fraction of sp³-hybridized carbons (Fsp3) is 0.533. The van der Waals surface area contributed by atoms with Crippen LogP contribution in [0.5, 0.6) is 5.75 Å². The second kappa shape index (κ2) is 7.11. The summed E-state index contributed by atoms with van der Waals surface area (Å²) in [5.41, 5.74) is 0.195. The van der Waals surface area contributed by atoms with Crippen molar-refractivity contribution in [1.29, 1.82) is 0 Å². The molecule has 1 amide bonds. The quantitative estimate of drug-likeness (QED) is 0.871. The topological polar surface area (TPSA) is 67.8 Å². The van der Waals surface area contributed by atoms with Crippen LogP contribution in [0.3, 0.4) is 0 Å². The molecule has 0 atom stereocenters. The molecule has 0 unspecified atom stereocenters. The Hall–Kier alpha value is -1.30. The van der Waals surface area contributed by atoms with Crippen molar-refractivity contribution in [2.45, 2.75) is 12.8 Å². The molecule has 1 saturated heterocycles. The first kappa shape index (κ1) is 16.1. The lowest BCUT2D eigenvalue weighted by Crippen LogP contribution is -2.43. The zero-order valence-corrected chi connectivity index (χ0v) is 12.8. The number of carbonyl (C=O) groups is 1. The Morgan fingerprint density at radius 3 is 2.81 bits per heavy atom. The number of benzene rings is 1. The molecule has 0 aromatic heterocycles. The summed E-state index contributed by atoms with van der Waals surface area (Å²) in [4.78, 5) is 12.2. The fourth-order valence-corrected chi connectivity index (χ4v) is 2.56. The van der Waals surface area contributed by atoms with E-state index in [4.69, 9.17) is 21.1 Å². The number of ether oxygens (including phenoxy) is 2. The van der Waals surface area contributed by atoms with Crippen molar-refractivity contribution in [2.24, 2.45) is 5.41 Å². The van der Waals surface area contributed by atoms with Gasteiger partial charge in [-0.15, -0.1) is 0 Å². The molecule has 2 rings (SSSR count). The van der Waals surface area contributed by atoms with Gasteiger partial charge >= 0.3 is 0 Å². The third-order valence-electron chi connectivity index (χ3n) is 3.93. The minimum Gasteiger partial charge on any atom is -0.495 e. The SMILES string of the molecule is COc1cc(C(=O)NCC2(CO)CCOCC2)ccc1Cl. The number of aliphatic hydroxyl groups is 1. The lowest BCUT2D eigenvalue weighted by atomic mass is 9.81. The van der Waals surface area contributed by atoms with Crippen LogP contribution >= 0.6 is 11.6 Å². The Labute approximate surface area is 129 Å². The van der Waals surface area contributed by atoms with Gasteiger partial charge in [0.05, 0.1) is 18.7 Å². The fourth-order valence-electron chi connectivity index (χ4n) is 2.37. The number of amides is 1. The van der Waals surface area contributed by atoms with Gasteiger partial charge in [0.15, 0.2) is 0 Å². The first-order valence-corrected chi connectivity index (χ1v) is 7.28. The van der Waals surface area contributed by atoms with Crippen LogP contribution in [-0.2, 0) is 4.74 Å². The van der Waals surface area contributed by atoms with E-state index in [9.17, 15) is 9.90 Å². The van der Waals surface area contributed by atoms with E-state index in [0.29, 0.717) is 36.1 Å². The maximum atomic E-state index is 12.2. The van der Waals surface area contributed by atoms with E-state index in [1.165, 1.54) is 7.11 Å². The Morgan fingerprint density at radius 2 is 2.19 bits per heavy atom. The van der Waals surface area contributed by atoms with Gasteiger partial charge < -0.3 is 19.9 Å². The van der Waals surface area contributed by atoms with Gasteiger partial charge in [-0.05, 0) is 31.0 Å². The van der Waals surface area contributed by atoms with E-state index in [1.807, 2.05) is 0 Å². The van der Waals surface area contributed by atoms with Crippen LogP contribution in [0, 0.1) is 5.41 Å². The largest absolute Gasteiger partial charge is 0.495 e. The summed E-state index contributed by atoms with van der Waals surface area (Å²) in [5.74, 6) is 0.261. The van der Waals surface area contributed by atoms with Gasteiger partial charge in [0.1, 0.15) is 5.75 Å². The number of methoxy groups -OCH3 is 1. The molecule has 0 aliphatic carbocycles. The Kier molecular flexibility index (Phi) is 5.45. The molecule has 1 fully saturated rings. The highest BCUT2D eigenvalue weighted by Gasteiger charge is 2.32. The van der Waals surface area contributed by atoms with Gasteiger partial charge in [-0.1, -0.05) is 11.6 Å². The lowest BCUT2D eigenvalue weighted by Gasteiger charge is -2.35. The van der Waals surface area contributed by atoms with E-state index in [1.54, 1.807) is 18.2 Å². The van der Waals surface area contributed by atoms with Gasteiger partial charge in [-0.2, -0.15) is 0 Å². The monoisotopic (exact) mass is 313 g/mol. The molecule has 21 heavy (non-hydrogen) atoms. The standard InChI is InChI=1S/C15H20ClNO4/c1-20-13-8-11(2-3-12(13)16)14(19)17-9-15(10-18)4-6-21-7-5-15/h2-3,8,18H,4-7,9-10H2,1H3,(H,17,19). The predicted octanol–water partition coefficient (Wildman–Crippen LogP) is 1.87. The number of hydrogen-bond donors (Lipinski definition) is 2. The van der Waals surface area contributed by atoms with Crippen LogP contribution in [0.2, 0.25) is 5.02 Å². The summed E-state index contributed by atoms with van der Waals surface area (Å²) in [6, 6.07) is 4.88. The van der Waals surface area contributed by atoms with E-state index < -0.39 is 0 Å². The average molecular weight is 314 g/mol. The third kappa shape index (κ3) is 3.87. The summed E-state index contributed by atoms with van der Waals surface area (Å²) in [6.45, 7) is 1.70. The summed E-state index contributed by atoms with van der Waals surface area (Å²) < 4.78 is 10.4. The zero-order chi connectivity index (χ0) is 15.3. The molecule has 5 nitrogen and oxygen atoms in total. The molecule has 2 N–H and O–H groups in total. The minimum atomic E-state index is -0.287. The normalized spacial score (nSPS) is 17.3. The lowest BCUT2D eigenvalue weighted by molar-refractivity contribution is -0.0146. The van der Waals surface area contributed by atoms with Crippen LogP contribution in [0.4, 0.5) is 0 Å². The van der Waals surface area contributed by atoms with Crippen LogP contribution < -0.4 is 10.1 Å². The maximum Gasteiger partial charge on any atom is 0.251 e. The number of nitrogens with one attached hydrogen (secondary N) is 1. The number of aliphatic hydroxyl groups excluding tert-OH is 1. The third-order valence-corrected chi connectivity index (χ3v) is 4.24. The van der Waals surface area contributed by atoms with Crippen LogP contribution in [0.25, 0.3) is 0 Å². The van der Waals surface area contributed by atoms with Gasteiger partial charge in [-0.3, -0.25) is 4.79 Å². The highest BCUT2D eigenvalue weighted by molar-refractivity contribution is 6.32. The zero-order valence-electron chi connectivity index (χ0n) is 12.0. The summed E-state index contributed by atoms with van der Waals surface area (Å²) >= 11 is 5.94. The van der Waals surface area contributed by atoms with Gasteiger partial charge in [0, 0.05) is 30.7 Å². The van der Waals surface area contributed by atoms with Gasteiger partial charge in [0.25, 0.3) is 5.91 Å². The molecule has 1 aromatic rings. The highest BCUT2D eigenvalue weighted by Crippen LogP contribution is 2.29.